The zero-order valence-corrected chi connectivity index (χ0v) is 13.2. The van der Waals surface area contributed by atoms with Gasteiger partial charge in [-0.3, -0.25) is 0 Å². The van der Waals surface area contributed by atoms with E-state index in [-0.39, 0.29) is 0 Å². The van der Waals surface area contributed by atoms with Crippen molar-refractivity contribution in [1.82, 2.24) is 9.97 Å². The Morgan fingerprint density at radius 2 is 1.86 bits per heavy atom. The van der Waals surface area contributed by atoms with Crippen LogP contribution < -0.4 is 15.0 Å². The van der Waals surface area contributed by atoms with Crippen LogP contribution in [0.3, 0.4) is 0 Å². The van der Waals surface area contributed by atoms with Gasteiger partial charge in [-0.2, -0.15) is 4.98 Å². The molecule has 1 aromatic heterocycles. The summed E-state index contributed by atoms with van der Waals surface area (Å²) in [5.41, 5.74) is 1.88. The van der Waals surface area contributed by atoms with Crippen LogP contribution in [-0.2, 0) is 0 Å². The predicted molar refractivity (Wildman–Crippen MR) is 89.1 cm³/mol. The molecule has 1 saturated heterocycles. The largest absolute Gasteiger partial charge is 0.495 e. The van der Waals surface area contributed by atoms with Crippen molar-refractivity contribution in [3.8, 4) is 5.75 Å². The van der Waals surface area contributed by atoms with Crippen molar-refractivity contribution in [3.05, 3.63) is 36.0 Å². The number of aromatic nitrogens is 2. The molecule has 1 N–H and O–H groups in total. The topological polar surface area (TPSA) is 50.3 Å². The number of nitrogens with one attached hydrogen (secondary N) is 1. The van der Waals surface area contributed by atoms with Gasteiger partial charge in [0.1, 0.15) is 11.6 Å². The number of nitrogens with zero attached hydrogens (tertiary/aromatic N) is 3. The van der Waals surface area contributed by atoms with Crippen molar-refractivity contribution in [3.63, 3.8) is 0 Å². The van der Waals surface area contributed by atoms with Crippen LogP contribution in [0.25, 0.3) is 0 Å². The lowest BCUT2D eigenvalue weighted by Gasteiger charge is -2.27. The van der Waals surface area contributed by atoms with Crippen molar-refractivity contribution in [2.75, 3.05) is 30.4 Å². The third kappa shape index (κ3) is 3.30. The molecule has 0 bridgehead atoms. The van der Waals surface area contributed by atoms with E-state index in [2.05, 4.69) is 20.2 Å². The summed E-state index contributed by atoms with van der Waals surface area (Å²) in [6.45, 7) is 4.08. The highest BCUT2D eigenvalue weighted by Crippen LogP contribution is 2.27. The maximum atomic E-state index is 5.38. The first-order chi connectivity index (χ1) is 10.8. The summed E-state index contributed by atoms with van der Waals surface area (Å²) in [5.74, 6) is 2.42. The lowest BCUT2D eigenvalue weighted by atomic mass is 10.1. The van der Waals surface area contributed by atoms with Gasteiger partial charge in [0, 0.05) is 24.8 Å². The molecule has 0 amide bonds. The van der Waals surface area contributed by atoms with Crippen molar-refractivity contribution >= 4 is 17.5 Å². The number of rotatable bonds is 4. The smallest absolute Gasteiger partial charge is 0.227 e. The van der Waals surface area contributed by atoms with E-state index >= 15 is 0 Å². The average Bonchev–Trinajstić information content (AvgIpc) is 2.56. The molecule has 1 aliphatic heterocycles. The second-order valence-corrected chi connectivity index (χ2v) is 5.57. The van der Waals surface area contributed by atoms with Crippen molar-refractivity contribution in [2.24, 2.45) is 0 Å². The molecule has 0 radical (unpaired) electrons. The summed E-state index contributed by atoms with van der Waals surface area (Å²) in [5, 5.41) is 3.34. The maximum absolute atomic E-state index is 5.38. The van der Waals surface area contributed by atoms with E-state index in [0.717, 1.165) is 42.0 Å². The quantitative estimate of drug-likeness (QED) is 0.936. The number of methoxy groups -OCH3 is 1. The molecule has 1 aliphatic rings. The lowest BCUT2D eigenvalue weighted by Crippen LogP contribution is -2.31. The normalized spacial score (nSPS) is 14.7. The fourth-order valence-electron chi connectivity index (χ4n) is 2.74. The Hall–Kier alpha value is -2.30. The van der Waals surface area contributed by atoms with Crippen LogP contribution in [0, 0.1) is 6.92 Å². The van der Waals surface area contributed by atoms with Gasteiger partial charge in [-0.15, -0.1) is 0 Å². The second kappa shape index (κ2) is 6.64. The molecule has 5 nitrogen and oxygen atoms in total. The lowest BCUT2D eigenvalue weighted by molar-refractivity contribution is 0.417. The maximum Gasteiger partial charge on any atom is 0.227 e. The molecule has 0 saturated carbocycles. The summed E-state index contributed by atoms with van der Waals surface area (Å²) in [7, 11) is 1.67. The van der Waals surface area contributed by atoms with Crippen molar-refractivity contribution in [1.29, 1.82) is 0 Å². The van der Waals surface area contributed by atoms with E-state index in [0.29, 0.717) is 0 Å². The number of anilines is 3. The third-order valence-electron chi connectivity index (χ3n) is 3.85. The summed E-state index contributed by atoms with van der Waals surface area (Å²) in [6.07, 6.45) is 3.73. The van der Waals surface area contributed by atoms with Gasteiger partial charge in [0.05, 0.1) is 12.8 Å². The predicted octanol–water partition coefficient (Wildman–Crippen LogP) is 3.53. The highest BCUT2D eigenvalue weighted by molar-refractivity contribution is 5.64. The molecule has 0 unspecified atom stereocenters. The molecular formula is C17H22N4O. The molecule has 116 valence electrons. The van der Waals surface area contributed by atoms with Gasteiger partial charge >= 0.3 is 0 Å². The average molecular weight is 298 g/mol. The van der Waals surface area contributed by atoms with Crippen molar-refractivity contribution in [2.45, 2.75) is 26.2 Å². The Labute approximate surface area is 131 Å². The Balaban J connectivity index is 1.85. The summed E-state index contributed by atoms with van der Waals surface area (Å²) < 4.78 is 5.38. The fourth-order valence-corrected chi connectivity index (χ4v) is 2.74. The first kappa shape index (κ1) is 14.6. The van der Waals surface area contributed by atoms with Crippen molar-refractivity contribution < 1.29 is 4.74 Å². The fraction of sp³-hybridized carbons (Fsp3) is 0.412. The Bertz CT molecular complexity index is 638. The van der Waals surface area contributed by atoms with Crippen LogP contribution in [0.4, 0.5) is 17.5 Å². The number of para-hydroxylation sites is 2. The minimum atomic E-state index is 0.803. The Morgan fingerprint density at radius 1 is 1.09 bits per heavy atom. The van der Waals surface area contributed by atoms with Gasteiger partial charge in [-0.1, -0.05) is 12.1 Å². The van der Waals surface area contributed by atoms with Crippen LogP contribution in [0.1, 0.15) is 25.0 Å². The van der Waals surface area contributed by atoms with E-state index < -0.39 is 0 Å². The Kier molecular flexibility index (Phi) is 4.42. The number of piperidine rings is 1. The zero-order chi connectivity index (χ0) is 15.4. The molecule has 2 heterocycles. The van der Waals surface area contributed by atoms with Gasteiger partial charge in [0.2, 0.25) is 5.95 Å². The van der Waals surface area contributed by atoms with Gasteiger partial charge in [0.15, 0.2) is 0 Å². The molecule has 1 fully saturated rings. The summed E-state index contributed by atoms with van der Waals surface area (Å²) in [6, 6.07) is 9.80. The number of benzene rings is 1. The molecule has 2 aromatic rings. The number of hydrogen-bond donors (Lipinski definition) is 1. The van der Waals surface area contributed by atoms with Gasteiger partial charge in [-0.25, -0.2) is 4.98 Å². The second-order valence-electron chi connectivity index (χ2n) is 5.57. The molecule has 5 heteroatoms. The van der Waals surface area contributed by atoms with Crippen LogP contribution in [0.2, 0.25) is 0 Å². The monoisotopic (exact) mass is 298 g/mol. The van der Waals surface area contributed by atoms with Crippen LogP contribution in [0.15, 0.2) is 30.3 Å². The van der Waals surface area contributed by atoms with Gasteiger partial charge < -0.3 is 15.0 Å². The van der Waals surface area contributed by atoms with Crippen LogP contribution in [0.5, 0.6) is 5.75 Å². The Morgan fingerprint density at radius 3 is 2.64 bits per heavy atom. The summed E-state index contributed by atoms with van der Waals surface area (Å²) >= 11 is 0. The van der Waals surface area contributed by atoms with E-state index in [1.165, 1.54) is 19.3 Å². The molecule has 3 rings (SSSR count). The molecule has 22 heavy (non-hydrogen) atoms. The molecular weight excluding hydrogens is 276 g/mol. The van der Waals surface area contributed by atoms with Crippen LogP contribution in [-0.4, -0.2) is 30.2 Å². The van der Waals surface area contributed by atoms with E-state index in [1.807, 2.05) is 37.3 Å². The first-order valence-electron chi connectivity index (χ1n) is 7.77. The molecule has 0 atom stereocenters. The minimum Gasteiger partial charge on any atom is -0.495 e. The third-order valence-corrected chi connectivity index (χ3v) is 3.85. The zero-order valence-electron chi connectivity index (χ0n) is 13.2. The van der Waals surface area contributed by atoms with Gasteiger partial charge in [0.25, 0.3) is 0 Å². The van der Waals surface area contributed by atoms with Crippen LogP contribution >= 0.6 is 0 Å². The summed E-state index contributed by atoms with van der Waals surface area (Å²) in [4.78, 5) is 11.5. The first-order valence-corrected chi connectivity index (χ1v) is 7.77. The standard InChI is InChI=1S/C17H22N4O/c1-13-12-16(19-14-8-4-5-9-15(14)22-2)20-17(18-13)21-10-6-3-7-11-21/h4-5,8-9,12H,3,6-7,10-11H2,1-2H3,(H,18,19,20). The number of aryl methyl sites for hydroxylation is 1. The van der Waals surface area contributed by atoms with E-state index in [1.54, 1.807) is 7.11 Å². The molecule has 0 spiro atoms. The molecule has 0 aliphatic carbocycles. The highest BCUT2D eigenvalue weighted by atomic mass is 16.5. The number of hydrogen-bond acceptors (Lipinski definition) is 5. The van der Waals surface area contributed by atoms with Gasteiger partial charge in [-0.05, 0) is 38.3 Å². The highest BCUT2D eigenvalue weighted by Gasteiger charge is 2.15. The minimum absolute atomic E-state index is 0.803. The number of ether oxygens (including phenoxy) is 1. The SMILES string of the molecule is COc1ccccc1Nc1cc(C)nc(N2CCCCC2)n1. The van der Waals surface area contributed by atoms with E-state index in [9.17, 15) is 0 Å². The van der Waals surface area contributed by atoms with E-state index in [4.69, 9.17) is 4.74 Å². The molecule has 1 aromatic carbocycles.